The third-order valence-electron chi connectivity index (χ3n) is 6.10. The van der Waals surface area contributed by atoms with Crippen LogP contribution in [0.4, 0.5) is 5.69 Å². The van der Waals surface area contributed by atoms with Crippen LogP contribution in [-0.2, 0) is 20.2 Å². The minimum Gasteiger partial charge on any atom is -0.359 e. The summed E-state index contributed by atoms with van der Waals surface area (Å²) in [5, 5.41) is 2.66. The van der Waals surface area contributed by atoms with Gasteiger partial charge < -0.3 is 10.2 Å². The number of anilines is 1. The highest BCUT2D eigenvalue weighted by atomic mass is 32.2. The first-order chi connectivity index (χ1) is 15.4. The SMILES string of the molecule is CNC(=O)C1CCN(C(=O)c2cccc(NS(=O)(=O)c3cc(C(C)(C)C)ccc3C)c2)CC1. The molecule has 0 bridgehead atoms. The molecule has 0 aromatic heterocycles. The minimum absolute atomic E-state index is 0.00401. The Hall–Kier alpha value is -2.87. The van der Waals surface area contributed by atoms with Crippen molar-refractivity contribution in [1.29, 1.82) is 0 Å². The highest BCUT2D eigenvalue weighted by Crippen LogP contribution is 2.28. The lowest BCUT2D eigenvalue weighted by atomic mass is 9.87. The number of hydrogen-bond acceptors (Lipinski definition) is 4. The number of likely N-dealkylation sites (tertiary alicyclic amines) is 1. The molecule has 1 saturated heterocycles. The Labute approximate surface area is 196 Å². The van der Waals surface area contributed by atoms with Gasteiger partial charge in [-0.05, 0) is 60.6 Å². The zero-order chi connectivity index (χ0) is 24.4. The molecular formula is C25H33N3O4S. The molecule has 2 aromatic carbocycles. The monoisotopic (exact) mass is 471 g/mol. The van der Waals surface area contributed by atoms with Crippen molar-refractivity contribution in [2.45, 2.75) is 50.8 Å². The van der Waals surface area contributed by atoms with Gasteiger partial charge in [0.25, 0.3) is 15.9 Å². The van der Waals surface area contributed by atoms with Gasteiger partial charge in [0.05, 0.1) is 4.90 Å². The Balaban J connectivity index is 1.78. The number of aryl methyl sites for hydroxylation is 1. The molecule has 1 heterocycles. The zero-order valence-corrected chi connectivity index (χ0v) is 20.8. The molecule has 1 fully saturated rings. The van der Waals surface area contributed by atoms with E-state index in [4.69, 9.17) is 0 Å². The molecule has 0 spiro atoms. The topological polar surface area (TPSA) is 95.6 Å². The van der Waals surface area contributed by atoms with Gasteiger partial charge >= 0.3 is 0 Å². The predicted molar refractivity (Wildman–Crippen MR) is 130 cm³/mol. The Morgan fingerprint density at radius 2 is 1.70 bits per heavy atom. The molecular weight excluding hydrogens is 438 g/mol. The highest BCUT2D eigenvalue weighted by molar-refractivity contribution is 7.92. The molecule has 3 rings (SSSR count). The second-order valence-electron chi connectivity index (χ2n) is 9.60. The van der Waals surface area contributed by atoms with Crippen molar-refractivity contribution in [2.24, 2.45) is 5.92 Å². The van der Waals surface area contributed by atoms with Crippen molar-refractivity contribution in [3.8, 4) is 0 Å². The van der Waals surface area contributed by atoms with E-state index in [9.17, 15) is 18.0 Å². The third kappa shape index (κ3) is 5.74. The summed E-state index contributed by atoms with van der Waals surface area (Å²) >= 11 is 0. The van der Waals surface area contributed by atoms with Gasteiger partial charge in [-0.1, -0.05) is 39.0 Å². The van der Waals surface area contributed by atoms with Crippen LogP contribution in [0.15, 0.2) is 47.4 Å². The van der Waals surface area contributed by atoms with Gasteiger partial charge in [-0.3, -0.25) is 14.3 Å². The largest absolute Gasteiger partial charge is 0.359 e. The van der Waals surface area contributed by atoms with E-state index in [2.05, 4.69) is 10.0 Å². The van der Waals surface area contributed by atoms with Crippen LogP contribution in [0.2, 0.25) is 0 Å². The fourth-order valence-electron chi connectivity index (χ4n) is 4.01. The van der Waals surface area contributed by atoms with Gasteiger partial charge in [0, 0.05) is 37.3 Å². The molecule has 178 valence electrons. The van der Waals surface area contributed by atoms with Crippen molar-refractivity contribution >= 4 is 27.5 Å². The molecule has 1 aliphatic rings. The number of sulfonamides is 1. The molecule has 2 amide bonds. The number of benzene rings is 2. The summed E-state index contributed by atoms with van der Waals surface area (Å²) in [6.45, 7) is 8.86. The summed E-state index contributed by atoms with van der Waals surface area (Å²) in [4.78, 5) is 26.8. The van der Waals surface area contributed by atoms with Crippen molar-refractivity contribution in [3.05, 3.63) is 59.2 Å². The number of piperidine rings is 1. The van der Waals surface area contributed by atoms with E-state index in [1.54, 1.807) is 49.2 Å². The van der Waals surface area contributed by atoms with Gasteiger partial charge in [-0.15, -0.1) is 0 Å². The van der Waals surface area contributed by atoms with Crippen molar-refractivity contribution < 1.29 is 18.0 Å². The summed E-state index contributed by atoms with van der Waals surface area (Å²) in [7, 11) is -2.21. The Kier molecular flexibility index (Phi) is 7.17. The van der Waals surface area contributed by atoms with Crippen molar-refractivity contribution in [3.63, 3.8) is 0 Å². The summed E-state index contributed by atoms with van der Waals surface area (Å²) in [6, 6.07) is 12.0. The van der Waals surface area contributed by atoms with Crippen LogP contribution >= 0.6 is 0 Å². The Bertz CT molecular complexity index is 1140. The molecule has 0 atom stereocenters. The van der Waals surface area contributed by atoms with Crippen molar-refractivity contribution in [2.75, 3.05) is 24.9 Å². The average molecular weight is 472 g/mol. The van der Waals surface area contributed by atoms with E-state index in [-0.39, 0.29) is 28.0 Å². The van der Waals surface area contributed by atoms with E-state index < -0.39 is 10.0 Å². The van der Waals surface area contributed by atoms with Crippen LogP contribution in [0.5, 0.6) is 0 Å². The zero-order valence-electron chi connectivity index (χ0n) is 19.9. The molecule has 0 saturated carbocycles. The molecule has 0 radical (unpaired) electrons. The average Bonchev–Trinajstić information content (AvgIpc) is 2.77. The number of carbonyl (C=O) groups is 2. The number of nitrogens with zero attached hydrogens (tertiary/aromatic N) is 1. The van der Waals surface area contributed by atoms with Crippen LogP contribution in [0.1, 0.15) is 55.1 Å². The number of rotatable bonds is 5. The maximum absolute atomic E-state index is 13.2. The van der Waals surface area contributed by atoms with E-state index in [0.717, 1.165) is 5.56 Å². The summed E-state index contributed by atoms with van der Waals surface area (Å²) < 4.78 is 29.0. The highest BCUT2D eigenvalue weighted by Gasteiger charge is 2.28. The quantitative estimate of drug-likeness (QED) is 0.695. The smallest absolute Gasteiger partial charge is 0.262 e. The normalized spacial score (nSPS) is 15.2. The van der Waals surface area contributed by atoms with Crippen LogP contribution in [-0.4, -0.2) is 45.3 Å². The maximum Gasteiger partial charge on any atom is 0.262 e. The van der Waals surface area contributed by atoms with E-state index in [0.29, 0.717) is 42.7 Å². The van der Waals surface area contributed by atoms with Crippen LogP contribution in [0.3, 0.4) is 0 Å². The first kappa shape index (κ1) is 24.8. The fraction of sp³-hybridized carbons (Fsp3) is 0.440. The van der Waals surface area contributed by atoms with Gasteiger partial charge in [0.15, 0.2) is 0 Å². The Morgan fingerprint density at radius 1 is 1.03 bits per heavy atom. The number of carbonyl (C=O) groups excluding carboxylic acids is 2. The number of nitrogens with one attached hydrogen (secondary N) is 2. The molecule has 7 nitrogen and oxygen atoms in total. The second-order valence-corrected chi connectivity index (χ2v) is 11.2. The lowest BCUT2D eigenvalue weighted by Gasteiger charge is -2.31. The summed E-state index contributed by atoms with van der Waals surface area (Å²) in [6.07, 6.45) is 1.22. The standard InChI is InChI=1S/C25H33N3O4S/c1-17-9-10-20(25(2,3)4)16-22(17)33(31,32)27-21-8-6-7-19(15-21)24(30)28-13-11-18(12-14-28)23(29)26-5/h6-10,15-16,18,27H,11-14H2,1-5H3,(H,26,29). The molecule has 2 N–H and O–H groups in total. The van der Waals surface area contributed by atoms with Gasteiger partial charge in [-0.2, -0.15) is 0 Å². The van der Waals surface area contributed by atoms with E-state index in [1.165, 1.54) is 0 Å². The van der Waals surface area contributed by atoms with Crippen LogP contribution in [0.25, 0.3) is 0 Å². The maximum atomic E-state index is 13.2. The van der Waals surface area contributed by atoms with E-state index >= 15 is 0 Å². The van der Waals surface area contributed by atoms with Crippen LogP contribution < -0.4 is 10.0 Å². The van der Waals surface area contributed by atoms with Crippen LogP contribution in [0, 0.1) is 12.8 Å². The minimum atomic E-state index is -3.83. The molecule has 2 aromatic rings. The molecule has 1 aliphatic heterocycles. The first-order valence-electron chi connectivity index (χ1n) is 11.2. The third-order valence-corrected chi connectivity index (χ3v) is 7.63. The van der Waals surface area contributed by atoms with Gasteiger partial charge in [0.2, 0.25) is 5.91 Å². The number of hydrogen-bond donors (Lipinski definition) is 2. The van der Waals surface area contributed by atoms with Crippen molar-refractivity contribution in [1.82, 2.24) is 10.2 Å². The molecule has 33 heavy (non-hydrogen) atoms. The molecule has 8 heteroatoms. The van der Waals surface area contributed by atoms with Gasteiger partial charge in [0.1, 0.15) is 0 Å². The predicted octanol–water partition coefficient (Wildman–Crippen LogP) is 3.69. The first-order valence-corrected chi connectivity index (χ1v) is 12.7. The summed E-state index contributed by atoms with van der Waals surface area (Å²) in [5.41, 5.74) is 2.14. The lowest BCUT2D eigenvalue weighted by Crippen LogP contribution is -2.42. The molecule has 0 unspecified atom stereocenters. The fourth-order valence-corrected chi connectivity index (χ4v) is 5.33. The molecule has 0 aliphatic carbocycles. The van der Waals surface area contributed by atoms with Gasteiger partial charge in [-0.25, -0.2) is 8.42 Å². The summed E-state index contributed by atoms with van der Waals surface area (Å²) in [5.74, 6) is -0.245. The lowest BCUT2D eigenvalue weighted by molar-refractivity contribution is -0.125. The Morgan fingerprint density at radius 3 is 2.30 bits per heavy atom. The number of amides is 2. The second kappa shape index (κ2) is 9.55. The van der Waals surface area contributed by atoms with E-state index in [1.807, 2.05) is 32.9 Å².